The third-order valence-electron chi connectivity index (χ3n) is 4.08. The van der Waals surface area contributed by atoms with Crippen molar-refractivity contribution in [3.63, 3.8) is 0 Å². The maximum atomic E-state index is 12.5. The molecule has 2 fully saturated rings. The van der Waals surface area contributed by atoms with Crippen LogP contribution in [0.4, 0.5) is 10.5 Å². The van der Waals surface area contributed by atoms with E-state index in [0.29, 0.717) is 18.7 Å². The van der Waals surface area contributed by atoms with Gasteiger partial charge in [-0.1, -0.05) is 12.8 Å². The van der Waals surface area contributed by atoms with Crippen LogP contribution in [0.2, 0.25) is 0 Å². The minimum Gasteiger partial charge on any atom is -0.447 e. The quantitative estimate of drug-likeness (QED) is 0.840. The number of likely N-dealkylation sites (tertiary alicyclic amines) is 1. The second kappa shape index (κ2) is 6.16. The van der Waals surface area contributed by atoms with Crippen LogP contribution in [0.25, 0.3) is 0 Å². The van der Waals surface area contributed by atoms with E-state index < -0.39 is 0 Å². The molecule has 1 aromatic rings. The van der Waals surface area contributed by atoms with Gasteiger partial charge in [-0.3, -0.25) is 9.69 Å². The van der Waals surface area contributed by atoms with E-state index in [1.165, 1.54) is 12.8 Å². The number of ether oxygens (including phenoxy) is 1. The first kappa shape index (κ1) is 13.9. The highest BCUT2D eigenvalue weighted by molar-refractivity contribution is 5.95. The van der Waals surface area contributed by atoms with Crippen molar-refractivity contribution < 1.29 is 14.3 Å². The number of benzene rings is 1. The number of hydrogen-bond donors (Lipinski definition) is 0. The van der Waals surface area contributed by atoms with Gasteiger partial charge in [0.05, 0.1) is 6.54 Å². The smallest absolute Gasteiger partial charge is 0.414 e. The van der Waals surface area contributed by atoms with Gasteiger partial charge in [0, 0.05) is 24.3 Å². The van der Waals surface area contributed by atoms with E-state index in [1.807, 2.05) is 17.0 Å². The molecule has 0 saturated carbocycles. The largest absolute Gasteiger partial charge is 0.447 e. The van der Waals surface area contributed by atoms with Crippen molar-refractivity contribution in [2.75, 3.05) is 31.1 Å². The third kappa shape index (κ3) is 3.01. The van der Waals surface area contributed by atoms with Crippen molar-refractivity contribution in [1.29, 1.82) is 0 Å². The lowest BCUT2D eigenvalue weighted by molar-refractivity contribution is 0.0761. The fourth-order valence-electron chi connectivity index (χ4n) is 2.87. The molecule has 1 aromatic carbocycles. The lowest BCUT2D eigenvalue weighted by Gasteiger charge is -2.20. The van der Waals surface area contributed by atoms with E-state index in [4.69, 9.17) is 4.74 Å². The van der Waals surface area contributed by atoms with Crippen molar-refractivity contribution in [2.24, 2.45) is 0 Å². The zero-order valence-electron chi connectivity index (χ0n) is 12.1. The number of anilines is 1. The summed E-state index contributed by atoms with van der Waals surface area (Å²) in [5.41, 5.74) is 1.47. The van der Waals surface area contributed by atoms with E-state index in [-0.39, 0.29) is 12.0 Å². The molecule has 0 atom stereocenters. The van der Waals surface area contributed by atoms with E-state index >= 15 is 0 Å². The molecule has 0 bridgehead atoms. The summed E-state index contributed by atoms with van der Waals surface area (Å²) in [4.78, 5) is 27.5. The Morgan fingerprint density at radius 2 is 1.62 bits per heavy atom. The van der Waals surface area contributed by atoms with Crippen LogP contribution < -0.4 is 4.90 Å². The van der Waals surface area contributed by atoms with Crippen LogP contribution >= 0.6 is 0 Å². The van der Waals surface area contributed by atoms with E-state index in [0.717, 1.165) is 31.6 Å². The van der Waals surface area contributed by atoms with Gasteiger partial charge >= 0.3 is 6.09 Å². The van der Waals surface area contributed by atoms with Gasteiger partial charge in [-0.15, -0.1) is 0 Å². The van der Waals surface area contributed by atoms with Crippen LogP contribution in [0.1, 0.15) is 36.0 Å². The summed E-state index contributed by atoms with van der Waals surface area (Å²) in [6, 6.07) is 7.23. The van der Waals surface area contributed by atoms with Crippen molar-refractivity contribution in [3.8, 4) is 0 Å². The summed E-state index contributed by atoms with van der Waals surface area (Å²) in [6.07, 6.45) is 4.27. The van der Waals surface area contributed by atoms with Crippen molar-refractivity contribution in [3.05, 3.63) is 29.8 Å². The number of carbonyl (C=O) groups is 2. The molecule has 0 spiro atoms. The van der Waals surface area contributed by atoms with Crippen molar-refractivity contribution in [2.45, 2.75) is 25.7 Å². The van der Waals surface area contributed by atoms with Crippen LogP contribution in [-0.2, 0) is 4.74 Å². The highest BCUT2D eigenvalue weighted by Gasteiger charge is 2.24. The minimum absolute atomic E-state index is 0.0902. The van der Waals surface area contributed by atoms with Gasteiger partial charge in [-0.2, -0.15) is 0 Å². The average Bonchev–Trinajstić information content (AvgIpc) is 2.78. The highest BCUT2D eigenvalue weighted by atomic mass is 16.6. The number of carbonyl (C=O) groups excluding carboxylic acids is 2. The van der Waals surface area contributed by atoms with Crippen molar-refractivity contribution >= 4 is 17.7 Å². The summed E-state index contributed by atoms with van der Waals surface area (Å²) >= 11 is 0. The zero-order chi connectivity index (χ0) is 14.7. The summed E-state index contributed by atoms with van der Waals surface area (Å²) in [5, 5.41) is 0. The Morgan fingerprint density at radius 1 is 0.952 bits per heavy atom. The summed E-state index contributed by atoms with van der Waals surface area (Å²) in [6.45, 7) is 2.68. The first-order chi connectivity index (χ1) is 10.3. The number of cyclic esters (lactones) is 1. The van der Waals surface area contributed by atoms with Gasteiger partial charge in [0.25, 0.3) is 5.91 Å². The topological polar surface area (TPSA) is 49.9 Å². The van der Waals surface area contributed by atoms with Gasteiger partial charge in [-0.25, -0.2) is 4.79 Å². The second-order valence-corrected chi connectivity index (χ2v) is 5.52. The number of amides is 2. The molecule has 0 radical (unpaired) electrons. The first-order valence-corrected chi connectivity index (χ1v) is 7.59. The molecule has 2 amide bonds. The summed E-state index contributed by atoms with van der Waals surface area (Å²) < 4.78 is 4.92. The van der Waals surface area contributed by atoms with Crippen LogP contribution in [0.5, 0.6) is 0 Å². The number of hydrogen-bond acceptors (Lipinski definition) is 3. The van der Waals surface area contributed by atoms with Gasteiger partial charge in [0.2, 0.25) is 0 Å². The fourth-order valence-corrected chi connectivity index (χ4v) is 2.87. The molecule has 0 aliphatic carbocycles. The SMILES string of the molecule is O=C(c1ccc(N2CCOC2=O)cc1)N1CCCCCC1. The van der Waals surface area contributed by atoms with Crippen LogP contribution in [0, 0.1) is 0 Å². The molecule has 2 aliphatic rings. The van der Waals surface area contributed by atoms with Gasteiger partial charge in [0.1, 0.15) is 6.61 Å². The maximum absolute atomic E-state index is 12.5. The molecule has 0 aromatic heterocycles. The summed E-state index contributed by atoms with van der Waals surface area (Å²) in [5.74, 6) is 0.0902. The maximum Gasteiger partial charge on any atom is 0.414 e. The van der Waals surface area contributed by atoms with E-state index in [1.54, 1.807) is 17.0 Å². The molecule has 2 heterocycles. The van der Waals surface area contributed by atoms with Gasteiger partial charge < -0.3 is 9.64 Å². The van der Waals surface area contributed by atoms with Crippen molar-refractivity contribution in [1.82, 2.24) is 4.90 Å². The Kier molecular flexibility index (Phi) is 4.08. The Labute approximate surface area is 124 Å². The normalized spacial score (nSPS) is 19.3. The molecular formula is C16H20N2O3. The van der Waals surface area contributed by atoms with Gasteiger partial charge in [0.15, 0.2) is 0 Å². The predicted molar refractivity (Wildman–Crippen MR) is 79.5 cm³/mol. The van der Waals surface area contributed by atoms with E-state index in [9.17, 15) is 9.59 Å². The zero-order valence-corrected chi connectivity index (χ0v) is 12.1. The summed E-state index contributed by atoms with van der Waals surface area (Å²) in [7, 11) is 0. The fraction of sp³-hybridized carbons (Fsp3) is 0.500. The lowest BCUT2D eigenvalue weighted by Crippen LogP contribution is -2.31. The minimum atomic E-state index is -0.318. The molecular weight excluding hydrogens is 268 g/mol. The van der Waals surface area contributed by atoms with E-state index in [2.05, 4.69) is 0 Å². The van der Waals surface area contributed by atoms with Gasteiger partial charge in [-0.05, 0) is 37.1 Å². The molecule has 2 aliphatic heterocycles. The standard InChI is InChI=1S/C16H20N2O3/c19-15(17-9-3-1-2-4-10-17)13-5-7-14(8-6-13)18-11-12-21-16(18)20/h5-8H,1-4,9-12H2. The first-order valence-electron chi connectivity index (χ1n) is 7.59. The molecule has 3 rings (SSSR count). The number of rotatable bonds is 2. The lowest BCUT2D eigenvalue weighted by atomic mass is 10.1. The molecule has 0 unspecified atom stereocenters. The third-order valence-corrected chi connectivity index (χ3v) is 4.08. The molecule has 112 valence electrons. The molecule has 2 saturated heterocycles. The molecule has 5 heteroatoms. The Balaban J connectivity index is 1.71. The van der Waals surface area contributed by atoms with Crippen LogP contribution in [0.15, 0.2) is 24.3 Å². The second-order valence-electron chi connectivity index (χ2n) is 5.52. The monoisotopic (exact) mass is 288 g/mol. The van der Waals surface area contributed by atoms with Crippen LogP contribution in [-0.4, -0.2) is 43.1 Å². The molecule has 0 N–H and O–H groups in total. The Hall–Kier alpha value is -2.04. The Bertz CT molecular complexity index is 519. The predicted octanol–water partition coefficient (Wildman–Crippen LogP) is 2.66. The average molecular weight is 288 g/mol. The highest BCUT2D eigenvalue weighted by Crippen LogP contribution is 2.20. The van der Waals surface area contributed by atoms with Crippen LogP contribution in [0.3, 0.4) is 0 Å². The molecule has 21 heavy (non-hydrogen) atoms. The number of nitrogens with zero attached hydrogens (tertiary/aromatic N) is 2. The Morgan fingerprint density at radius 3 is 2.19 bits per heavy atom. The molecule has 5 nitrogen and oxygen atoms in total.